The van der Waals surface area contributed by atoms with Crippen LogP contribution in [0.15, 0.2) is 11.1 Å². The summed E-state index contributed by atoms with van der Waals surface area (Å²) >= 11 is 4.91. The third-order valence-corrected chi connectivity index (χ3v) is 1.57. The maximum Gasteiger partial charge on any atom is 0.332 e. The van der Waals surface area contributed by atoms with Crippen LogP contribution in [0.3, 0.4) is 0 Å². The van der Waals surface area contributed by atoms with Gasteiger partial charge in [-0.25, -0.2) is 4.39 Å². The van der Waals surface area contributed by atoms with Gasteiger partial charge in [-0.15, -0.1) is 0 Å². The monoisotopic (exact) mass is 306 g/mol. The summed E-state index contributed by atoms with van der Waals surface area (Å²) in [5, 5.41) is -1.75. The molecule has 0 aliphatic heterocycles. The SMILES string of the molecule is FC(F)=C(Cl)C(F)C(F)(F)I. The normalized spacial score (nSPS) is 14.5. The predicted octanol–water partition coefficient (Wildman–Crippen LogP) is 3.70. The summed E-state index contributed by atoms with van der Waals surface area (Å²) in [6.45, 7) is 0. The average molecular weight is 306 g/mol. The summed E-state index contributed by atoms with van der Waals surface area (Å²) in [6.07, 6.45) is -5.77. The number of hydrogen-bond acceptors (Lipinski definition) is 0. The third-order valence-electron chi connectivity index (χ3n) is 0.690. The van der Waals surface area contributed by atoms with Gasteiger partial charge < -0.3 is 0 Å². The summed E-state index contributed by atoms with van der Waals surface area (Å²) in [5.74, 6) is 0. The second-order valence-corrected chi connectivity index (χ2v) is 3.36. The fourth-order valence-corrected chi connectivity index (χ4v) is 0.872. The van der Waals surface area contributed by atoms with Crippen LogP contribution in [-0.4, -0.2) is 10.1 Å². The van der Waals surface area contributed by atoms with Gasteiger partial charge in [0.15, 0.2) is 0 Å². The smallest absolute Gasteiger partial charge is 0.233 e. The molecule has 0 aromatic heterocycles. The molecule has 7 heteroatoms. The minimum atomic E-state index is -3.90. The molecule has 0 aromatic carbocycles. The lowest BCUT2D eigenvalue weighted by Crippen LogP contribution is -2.22. The molecule has 0 N–H and O–H groups in total. The molecule has 1 unspecified atom stereocenters. The van der Waals surface area contributed by atoms with Crippen LogP contribution in [0.1, 0.15) is 0 Å². The van der Waals surface area contributed by atoms with Crippen LogP contribution in [0.5, 0.6) is 0 Å². The molecule has 0 rings (SSSR count). The molecule has 0 spiro atoms. The van der Waals surface area contributed by atoms with E-state index in [1.54, 1.807) is 0 Å². The van der Waals surface area contributed by atoms with Gasteiger partial charge in [0.05, 0.1) is 0 Å². The molecule has 0 nitrogen and oxygen atoms in total. The van der Waals surface area contributed by atoms with Crippen molar-refractivity contribution in [3.05, 3.63) is 11.1 Å². The number of allylic oxidation sites excluding steroid dienone is 1. The van der Waals surface area contributed by atoms with Crippen LogP contribution in [0.25, 0.3) is 0 Å². The highest BCUT2D eigenvalue weighted by Crippen LogP contribution is 2.36. The maximum absolute atomic E-state index is 12.1. The second-order valence-electron chi connectivity index (χ2n) is 1.51. The Morgan fingerprint density at radius 2 is 1.73 bits per heavy atom. The topological polar surface area (TPSA) is 0 Å². The van der Waals surface area contributed by atoms with Gasteiger partial charge >= 0.3 is 3.93 Å². The zero-order chi connectivity index (χ0) is 9.23. The highest BCUT2D eigenvalue weighted by molar-refractivity contribution is 14.1. The minimum absolute atomic E-state index is 0.391. The van der Waals surface area contributed by atoms with Crippen molar-refractivity contribution >= 4 is 34.2 Å². The standard InChI is InChI=1S/C4HClF5I/c5-1(3(7)8)2(6)4(9,10)11/h2H. The van der Waals surface area contributed by atoms with E-state index < -0.39 is 21.2 Å². The van der Waals surface area contributed by atoms with Gasteiger partial charge in [0, 0.05) is 22.6 Å². The second kappa shape index (κ2) is 3.88. The number of rotatable bonds is 2. The van der Waals surface area contributed by atoms with Gasteiger partial charge in [0.25, 0.3) is 6.08 Å². The Balaban J connectivity index is 4.52. The van der Waals surface area contributed by atoms with Crippen molar-refractivity contribution < 1.29 is 22.0 Å². The molecular weight excluding hydrogens is 305 g/mol. The van der Waals surface area contributed by atoms with E-state index in [4.69, 9.17) is 0 Å². The largest absolute Gasteiger partial charge is 0.332 e. The van der Waals surface area contributed by atoms with E-state index in [0.29, 0.717) is 22.6 Å². The van der Waals surface area contributed by atoms with Crippen molar-refractivity contribution in [2.24, 2.45) is 0 Å². The van der Waals surface area contributed by atoms with E-state index in [1.807, 2.05) is 0 Å². The number of halogens is 7. The van der Waals surface area contributed by atoms with Crippen molar-refractivity contribution in [2.75, 3.05) is 0 Å². The molecule has 0 aliphatic rings. The van der Waals surface area contributed by atoms with Gasteiger partial charge in [-0.05, 0) is 0 Å². The summed E-state index contributed by atoms with van der Waals surface area (Å²) < 4.78 is 54.8. The van der Waals surface area contributed by atoms with Crippen LogP contribution >= 0.6 is 34.2 Å². The van der Waals surface area contributed by atoms with Crippen molar-refractivity contribution in [2.45, 2.75) is 10.1 Å². The molecule has 0 heterocycles. The molecule has 0 aromatic rings. The molecule has 1 atom stereocenters. The Kier molecular flexibility index (Phi) is 4.03. The minimum Gasteiger partial charge on any atom is -0.233 e. The molecule has 0 saturated carbocycles. The molecule has 0 bridgehead atoms. The van der Waals surface area contributed by atoms with Crippen LogP contribution in [0.4, 0.5) is 22.0 Å². The van der Waals surface area contributed by atoms with Crippen LogP contribution in [0.2, 0.25) is 0 Å². The lowest BCUT2D eigenvalue weighted by atomic mass is 10.4. The summed E-state index contributed by atoms with van der Waals surface area (Å²) in [5.41, 5.74) is 0. The summed E-state index contributed by atoms with van der Waals surface area (Å²) in [7, 11) is 0. The van der Waals surface area contributed by atoms with Crippen LogP contribution in [-0.2, 0) is 0 Å². The molecule has 0 aliphatic carbocycles. The van der Waals surface area contributed by atoms with Gasteiger partial charge in [0.2, 0.25) is 6.17 Å². The van der Waals surface area contributed by atoms with Crippen molar-refractivity contribution in [1.29, 1.82) is 0 Å². The first-order chi connectivity index (χ1) is 4.76. The molecule has 11 heavy (non-hydrogen) atoms. The molecule has 0 saturated heterocycles. The quantitative estimate of drug-likeness (QED) is 0.414. The van der Waals surface area contributed by atoms with Crippen molar-refractivity contribution in [1.82, 2.24) is 0 Å². The third kappa shape index (κ3) is 3.55. The first-order valence-corrected chi connectivity index (χ1v) is 3.64. The first kappa shape index (κ1) is 11.4. The Morgan fingerprint density at radius 3 is 1.82 bits per heavy atom. The summed E-state index contributed by atoms with van der Waals surface area (Å²) in [6, 6.07) is 0. The fourth-order valence-electron chi connectivity index (χ4n) is 0.239. The van der Waals surface area contributed by atoms with E-state index in [2.05, 4.69) is 11.6 Å². The van der Waals surface area contributed by atoms with Crippen molar-refractivity contribution in [3.8, 4) is 0 Å². The molecule has 0 fully saturated rings. The molecule has 0 amide bonds. The Hall–Kier alpha value is 0.410. The first-order valence-electron chi connectivity index (χ1n) is 2.18. The van der Waals surface area contributed by atoms with Crippen LogP contribution < -0.4 is 0 Å². The van der Waals surface area contributed by atoms with Gasteiger partial charge in [-0.2, -0.15) is 17.6 Å². The zero-order valence-corrected chi connectivity index (χ0v) is 7.64. The fraction of sp³-hybridized carbons (Fsp3) is 0.500. The average Bonchev–Trinajstić information content (AvgIpc) is 1.82. The number of hydrogen-bond donors (Lipinski definition) is 0. The van der Waals surface area contributed by atoms with Gasteiger partial charge in [-0.3, -0.25) is 0 Å². The highest BCUT2D eigenvalue weighted by atomic mass is 127. The van der Waals surface area contributed by atoms with E-state index in [0.717, 1.165) is 0 Å². The van der Waals surface area contributed by atoms with Crippen molar-refractivity contribution in [3.63, 3.8) is 0 Å². The van der Waals surface area contributed by atoms with Crippen LogP contribution in [0, 0.1) is 0 Å². The summed E-state index contributed by atoms with van der Waals surface area (Å²) in [4.78, 5) is 0. The van der Waals surface area contributed by atoms with E-state index in [-0.39, 0.29) is 0 Å². The lowest BCUT2D eigenvalue weighted by Gasteiger charge is -2.11. The number of alkyl halides is 4. The van der Waals surface area contributed by atoms with Gasteiger partial charge in [-0.1, -0.05) is 11.6 Å². The highest BCUT2D eigenvalue weighted by Gasteiger charge is 2.40. The Labute approximate surface area is 77.5 Å². The predicted molar refractivity (Wildman–Crippen MR) is 39.0 cm³/mol. The lowest BCUT2D eigenvalue weighted by molar-refractivity contribution is 0.0521. The van der Waals surface area contributed by atoms with E-state index in [1.165, 1.54) is 0 Å². The zero-order valence-electron chi connectivity index (χ0n) is 4.72. The molecule has 66 valence electrons. The molecular formula is C4HClF5I. The molecule has 0 radical (unpaired) electrons. The van der Waals surface area contributed by atoms with Gasteiger partial charge in [0.1, 0.15) is 5.03 Å². The Morgan fingerprint density at radius 1 is 1.36 bits per heavy atom. The maximum atomic E-state index is 12.1. The Bertz CT molecular complexity index is 170. The van der Waals surface area contributed by atoms with E-state index >= 15 is 0 Å². The van der Waals surface area contributed by atoms with E-state index in [9.17, 15) is 22.0 Å².